The summed E-state index contributed by atoms with van der Waals surface area (Å²) in [6.07, 6.45) is 0.0103. The monoisotopic (exact) mass is 450 g/mol. The van der Waals surface area contributed by atoms with Gasteiger partial charge in [-0.25, -0.2) is 4.98 Å². The summed E-state index contributed by atoms with van der Waals surface area (Å²) in [4.78, 5) is 20.0. The van der Waals surface area contributed by atoms with E-state index in [0.29, 0.717) is 25.3 Å². The highest BCUT2D eigenvalue weighted by Gasteiger charge is 2.43. The second-order valence-corrected chi connectivity index (χ2v) is 8.32. The van der Waals surface area contributed by atoms with Crippen LogP contribution in [0.5, 0.6) is 0 Å². The third-order valence-electron chi connectivity index (χ3n) is 6.03. The number of carbonyl (C=O) groups is 1. The van der Waals surface area contributed by atoms with E-state index in [1.807, 2.05) is 0 Å². The number of likely N-dealkylation sites (N-methyl/N-ethyl adjacent to an activating group) is 1. The number of nitrogens with zero attached hydrogens (tertiary/aromatic N) is 3. The highest BCUT2D eigenvalue weighted by atomic mass is 19.2. The van der Waals surface area contributed by atoms with Crippen molar-refractivity contribution in [3.05, 3.63) is 5.82 Å². The molecule has 3 rings (SSSR count). The van der Waals surface area contributed by atoms with Crippen LogP contribution in [0.15, 0.2) is 0 Å². The van der Waals surface area contributed by atoms with Gasteiger partial charge in [-0.05, 0) is 44.4 Å². The number of ether oxygens (including phenoxy) is 1. The molecule has 1 aromatic heterocycles. The van der Waals surface area contributed by atoms with E-state index in [9.17, 15) is 15.0 Å². The smallest absolute Gasteiger partial charge is 0.251 e. The van der Waals surface area contributed by atoms with Gasteiger partial charge in [-0.2, -0.15) is 10.1 Å². The van der Waals surface area contributed by atoms with Crippen LogP contribution in [-0.4, -0.2) is 56.7 Å². The molecular formula is C21H31FN6O4. The molecule has 11 heteroatoms. The van der Waals surface area contributed by atoms with Crippen molar-refractivity contribution < 1.29 is 24.2 Å². The third kappa shape index (κ3) is 5.20. The number of hydrogen-bond acceptors (Lipinski definition) is 9. The zero-order valence-electron chi connectivity index (χ0n) is 18.3. The maximum atomic E-state index is 15.2. The Morgan fingerprint density at radius 1 is 1.34 bits per heavy atom. The Morgan fingerprint density at radius 3 is 2.66 bits per heavy atom. The van der Waals surface area contributed by atoms with E-state index in [1.165, 1.54) is 0 Å². The standard InChI is InChI=1S/C21H31FN6O4/c1-3-12-5-8-21(31,9-6-12)10-7-14-26-18(24)16(23)19(27-14)28(22)15-11-13(29)17(32-15)20(30)25-4-2/h12-13,15,17,29,31H,3-6,8-9,11,23H2,1-2H3,(H,25,30)(H2,24,26,27)/t12?,13?,15-,17+,21?/m1/s1. The number of rotatable bonds is 5. The van der Waals surface area contributed by atoms with Gasteiger partial charge in [-0.1, -0.05) is 23.7 Å². The van der Waals surface area contributed by atoms with Crippen LogP contribution in [0.1, 0.15) is 58.2 Å². The van der Waals surface area contributed by atoms with E-state index in [1.54, 1.807) is 6.92 Å². The number of nitrogens with two attached hydrogens (primary N) is 2. The van der Waals surface area contributed by atoms with Gasteiger partial charge in [0.1, 0.15) is 11.3 Å². The molecule has 1 amide bonds. The average Bonchev–Trinajstić information content (AvgIpc) is 3.16. The van der Waals surface area contributed by atoms with Gasteiger partial charge in [0.05, 0.1) is 6.10 Å². The predicted molar refractivity (Wildman–Crippen MR) is 116 cm³/mol. The first-order valence-corrected chi connectivity index (χ1v) is 10.9. The zero-order chi connectivity index (χ0) is 23.5. The van der Waals surface area contributed by atoms with Crippen LogP contribution >= 0.6 is 0 Å². The Labute approximate surface area is 186 Å². The molecule has 2 aliphatic rings. The number of nitrogen functional groups attached to an aromatic ring is 2. The summed E-state index contributed by atoms with van der Waals surface area (Å²) in [7, 11) is 0. The Bertz CT molecular complexity index is 896. The summed E-state index contributed by atoms with van der Waals surface area (Å²) in [5.41, 5.74) is 10.3. The molecule has 0 spiro atoms. The lowest BCUT2D eigenvalue weighted by molar-refractivity contribution is -0.136. The third-order valence-corrected chi connectivity index (χ3v) is 6.03. The lowest BCUT2D eigenvalue weighted by Gasteiger charge is -2.31. The van der Waals surface area contributed by atoms with Gasteiger partial charge in [0.15, 0.2) is 24.0 Å². The van der Waals surface area contributed by atoms with Crippen LogP contribution in [0.2, 0.25) is 0 Å². The fourth-order valence-corrected chi connectivity index (χ4v) is 3.99. The van der Waals surface area contributed by atoms with Gasteiger partial charge in [0, 0.05) is 13.0 Å². The number of anilines is 3. The van der Waals surface area contributed by atoms with Crippen molar-refractivity contribution in [2.24, 2.45) is 5.92 Å². The largest absolute Gasteiger partial charge is 0.393 e. The summed E-state index contributed by atoms with van der Waals surface area (Å²) in [6, 6.07) is 0. The van der Waals surface area contributed by atoms with Crippen molar-refractivity contribution in [1.82, 2.24) is 15.3 Å². The van der Waals surface area contributed by atoms with Crippen LogP contribution in [0.3, 0.4) is 0 Å². The van der Waals surface area contributed by atoms with Crippen molar-refractivity contribution in [2.75, 3.05) is 23.1 Å². The van der Waals surface area contributed by atoms with Gasteiger partial charge in [-0.15, -0.1) is 0 Å². The SMILES string of the molecule is CCNC(=O)[C@H]1O[C@@H](N(F)c2nc(C#CC3(O)CCC(CC)CC3)nc(N)c2N)CC1O. The molecule has 0 bridgehead atoms. The predicted octanol–water partition coefficient (Wildman–Crippen LogP) is 0.627. The molecule has 2 heterocycles. The first kappa shape index (κ1) is 24.0. The maximum absolute atomic E-state index is 15.2. The quantitative estimate of drug-likeness (QED) is 0.320. The number of aliphatic hydroxyl groups is 2. The number of hydrogen-bond donors (Lipinski definition) is 5. The molecule has 2 fully saturated rings. The fourth-order valence-electron chi connectivity index (χ4n) is 3.99. The minimum Gasteiger partial charge on any atom is -0.393 e. The molecule has 10 nitrogen and oxygen atoms in total. The molecule has 1 saturated heterocycles. The van der Waals surface area contributed by atoms with Crippen LogP contribution < -0.4 is 21.9 Å². The minimum atomic E-state index is -1.30. The Kier molecular flexibility index (Phi) is 7.38. The molecule has 32 heavy (non-hydrogen) atoms. The molecule has 1 unspecified atom stereocenters. The van der Waals surface area contributed by atoms with E-state index in [4.69, 9.17) is 16.2 Å². The zero-order valence-corrected chi connectivity index (χ0v) is 18.3. The van der Waals surface area contributed by atoms with Gasteiger partial charge in [-0.3, -0.25) is 4.79 Å². The van der Waals surface area contributed by atoms with Crippen molar-refractivity contribution in [3.8, 4) is 11.8 Å². The van der Waals surface area contributed by atoms with Gasteiger partial charge in [0.2, 0.25) is 5.82 Å². The molecule has 0 aromatic carbocycles. The van der Waals surface area contributed by atoms with Crippen molar-refractivity contribution in [1.29, 1.82) is 0 Å². The van der Waals surface area contributed by atoms with Crippen LogP contribution in [0, 0.1) is 17.8 Å². The highest BCUT2D eigenvalue weighted by molar-refractivity contribution is 5.82. The van der Waals surface area contributed by atoms with Gasteiger partial charge < -0.3 is 31.7 Å². The van der Waals surface area contributed by atoms with Crippen molar-refractivity contribution in [3.63, 3.8) is 0 Å². The second-order valence-electron chi connectivity index (χ2n) is 8.32. The summed E-state index contributed by atoms with van der Waals surface area (Å²) in [5.74, 6) is 4.88. The molecular weight excluding hydrogens is 419 g/mol. The lowest BCUT2D eigenvalue weighted by atomic mass is 9.78. The number of nitrogens with one attached hydrogen (secondary N) is 1. The normalized spacial score (nSPS) is 29.8. The molecule has 1 aromatic rings. The van der Waals surface area contributed by atoms with Crippen LogP contribution in [0.4, 0.5) is 21.8 Å². The molecule has 0 radical (unpaired) electrons. The summed E-state index contributed by atoms with van der Waals surface area (Å²) in [5, 5.41) is 23.5. The van der Waals surface area contributed by atoms with E-state index >= 15 is 4.48 Å². The van der Waals surface area contributed by atoms with E-state index in [2.05, 4.69) is 34.0 Å². The summed E-state index contributed by atoms with van der Waals surface area (Å²) >= 11 is 0. The lowest BCUT2D eigenvalue weighted by Crippen LogP contribution is -2.40. The highest BCUT2D eigenvalue weighted by Crippen LogP contribution is 2.34. The molecule has 176 valence electrons. The second kappa shape index (κ2) is 9.85. The molecule has 1 saturated carbocycles. The molecule has 1 aliphatic carbocycles. The number of amides is 1. The number of aromatic nitrogens is 2. The fraction of sp³-hybridized carbons (Fsp3) is 0.667. The van der Waals surface area contributed by atoms with Gasteiger partial charge >= 0.3 is 0 Å². The molecule has 3 atom stereocenters. The maximum Gasteiger partial charge on any atom is 0.251 e. The number of halogens is 1. The topological polar surface area (TPSA) is 160 Å². The Balaban J connectivity index is 1.78. The summed E-state index contributed by atoms with van der Waals surface area (Å²) in [6.45, 7) is 4.19. The van der Waals surface area contributed by atoms with E-state index in [0.717, 1.165) is 19.3 Å². The van der Waals surface area contributed by atoms with E-state index in [-0.39, 0.29) is 34.7 Å². The van der Waals surface area contributed by atoms with Crippen LogP contribution in [-0.2, 0) is 9.53 Å². The van der Waals surface area contributed by atoms with Crippen LogP contribution in [0.25, 0.3) is 0 Å². The first-order valence-electron chi connectivity index (χ1n) is 10.9. The number of carbonyl (C=O) groups excluding carboxylic acids is 1. The number of aliphatic hydroxyl groups excluding tert-OH is 1. The van der Waals surface area contributed by atoms with Gasteiger partial charge in [0.25, 0.3) is 5.91 Å². The van der Waals surface area contributed by atoms with Crippen molar-refractivity contribution in [2.45, 2.75) is 76.4 Å². The summed E-state index contributed by atoms with van der Waals surface area (Å²) < 4.78 is 20.5. The molecule has 1 aliphatic heterocycles. The average molecular weight is 451 g/mol. The Hall–Kier alpha value is -2.68. The molecule has 7 N–H and O–H groups in total. The minimum absolute atomic E-state index is 0.0980. The first-order chi connectivity index (χ1) is 15.2. The Morgan fingerprint density at radius 2 is 2.03 bits per heavy atom. The van der Waals surface area contributed by atoms with E-state index < -0.39 is 29.9 Å². The van der Waals surface area contributed by atoms with Crippen molar-refractivity contribution >= 4 is 23.2 Å².